The van der Waals surface area contributed by atoms with Crippen LogP contribution < -0.4 is 5.73 Å². The molecule has 0 aromatic carbocycles. The van der Waals surface area contributed by atoms with E-state index in [1.54, 1.807) is 6.20 Å². The molecule has 16 heavy (non-hydrogen) atoms. The zero-order valence-corrected chi connectivity index (χ0v) is 9.82. The van der Waals surface area contributed by atoms with E-state index in [4.69, 9.17) is 5.73 Å². The maximum atomic E-state index is 9.82. The van der Waals surface area contributed by atoms with Gasteiger partial charge in [-0.15, -0.1) is 0 Å². The molecule has 0 amide bonds. The van der Waals surface area contributed by atoms with Crippen LogP contribution in [0.3, 0.4) is 0 Å². The molecule has 1 aliphatic rings. The van der Waals surface area contributed by atoms with Gasteiger partial charge in [-0.2, -0.15) is 0 Å². The van der Waals surface area contributed by atoms with Crippen LogP contribution in [-0.4, -0.2) is 16.2 Å². The van der Waals surface area contributed by atoms with Crippen molar-refractivity contribution in [3.05, 3.63) is 23.4 Å². The monoisotopic (exact) mass is 220 g/mol. The van der Waals surface area contributed by atoms with Crippen LogP contribution in [0.2, 0.25) is 0 Å². The Balaban J connectivity index is 2.24. The van der Waals surface area contributed by atoms with Crippen molar-refractivity contribution < 1.29 is 5.11 Å². The molecule has 0 aliphatic heterocycles. The molecule has 1 aliphatic carbocycles. The molecular weight excluding hydrogens is 200 g/mol. The lowest BCUT2D eigenvalue weighted by Gasteiger charge is -2.18. The number of aliphatic hydroxyl groups excluding tert-OH is 1. The Labute approximate surface area is 96.7 Å². The number of nitrogen functional groups attached to an aromatic ring is 1. The van der Waals surface area contributed by atoms with Crippen LogP contribution in [0.1, 0.15) is 49.1 Å². The highest BCUT2D eigenvalue weighted by Crippen LogP contribution is 2.34. The van der Waals surface area contributed by atoms with Gasteiger partial charge in [0.25, 0.3) is 0 Å². The minimum Gasteiger partial charge on any atom is -0.393 e. The predicted molar refractivity (Wildman–Crippen MR) is 65.2 cm³/mol. The Hall–Kier alpha value is -1.09. The van der Waals surface area contributed by atoms with E-state index < -0.39 is 0 Å². The number of nitrogens with two attached hydrogens (primary N) is 1. The van der Waals surface area contributed by atoms with Crippen LogP contribution in [0, 0.1) is 6.92 Å². The first-order chi connectivity index (χ1) is 7.66. The van der Waals surface area contributed by atoms with Gasteiger partial charge in [-0.25, -0.2) is 4.98 Å². The van der Waals surface area contributed by atoms with E-state index in [9.17, 15) is 5.11 Å². The largest absolute Gasteiger partial charge is 0.393 e. The molecule has 0 saturated heterocycles. The zero-order chi connectivity index (χ0) is 11.5. The number of aromatic nitrogens is 1. The molecule has 3 heteroatoms. The fraction of sp³-hybridized carbons (Fsp3) is 0.615. The molecule has 88 valence electrons. The van der Waals surface area contributed by atoms with Crippen LogP contribution in [0.25, 0.3) is 0 Å². The molecule has 1 aromatic heterocycles. The minimum absolute atomic E-state index is 0.174. The molecule has 1 heterocycles. The molecule has 0 bridgehead atoms. The Morgan fingerprint density at radius 2 is 2.12 bits per heavy atom. The van der Waals surface area contributed by atoms with E-state index in [1.165, 1.54) is 6.42 Å². The average molecular weight is 220 g/mol. The van der Waals surface area contributed by atoms with Gasteiger partial charge in [0, 0.05) is 6.20 Å². The number of aryl methyl sites for hydroxylation is 1. The van der Waals surface area contributed by atoms with Gasteiger partial charge in [0.2, 0.25) is 0 Å². The normalized spacial score (nSPS) is 26.4. The molecule has 3 N–H and O–H groups in total. The number of pyridine rings is 1. The van der Waals surface area contributed by atoms with Gasteiger partial charge >= 0.3 is 0 Å². The molecule has 0 spiro atoms. The predicted octanol–water partition coefficient (Wildman–Crippen LogP) is 2.38. The van der Waals surface area contributed by atoms with Crippen molar-refractivity contribution in [2.45, 2.75) is 51.0 Å². The first-order valence-electron chi connectivity index (χ1n) is 6.07. The van der Waals surface area contributed by atoms with Crippen molar-refractivity contribution in [3.63, 3.8) is 0 Å². The van der Waals surface area contributed by atoms with Gasteiger partial charge in [-0.3, -0.25) is 0 Å². The smallest absolute Gasteiger partial charge is 0.126 e. The lowest BCUT2D eigenvalue weighted by atomic mass is 9.91. The summed E-state index contributed by atoms with van der Waals surface area (Å²) in [6.45, 7) is 2.03. The first-order valence-corrected chi connectivity index (χ1v) is 6.07. The van der Waals surface area contributed by atoms with E-state index >= 15 is 0 Å². The van der Waals surface area contributed by atoms with E-state index in [0.29, 0.717) is 11.7 Å². The lowest BCUT2D eigenvalue weighted by Crippen LogP contribution is -2.11. The number of hydrogen-bond donors (Lipinski definition) is 2. The molecule has 2 atom stereocenters. The Morgan fingerprint density at radius 1 is 1.38 bits per heavy atom. The van der Waals surface area contributed by atoms with Crippen molar-refractivity contribution >= 4 is 5.82 Å². The summed E-state index contributed by atoms with van der Waals surface area (Å²) >= 11 is 0. The molecule has 3 nitrogen and oxygen atoms in total. The zero-order valence-electron chi connectivity index (χ0n) is 9.82. The highest BCUT2D eigenvalue weighted by atomic mass is 16.3. The molecular formula is C13H20N2O. The summed E-state index contributed by atoms with van der Waals surface area (Å²) in [7, 11) is 0. The Bertz CT molecular complexity index is 365. The molecule has 0 radical (unpaired) electrons. The van der Waals surface area contributed by atoms with Crippen LogP contribution in [0.4, 0.5) is 5.82 Å². The summed E-state index contributed by atoms with van der Waals surface area (Å²) < 4.78 is 0. The highest BCUT2D eigenvalue weighted by molar-refractivity contribution is 5.43. The van der Waals surface area contributed by atoms with Crippen LogP contribution in [0.5, 0.6) is 0 Å². The Morgan fingerprint density at radius 3 is 2.94 bits per heavy atom. The van der Waals surface area contributed by atoms with Gasteiger partial charge in [-0.1, -0.05) is 18.9 Å². The fourth-order valence-corrected chi connectivity index (χ4v) is 2.55. The van der Waals surface area contributed by atoms with Crippen molar-refractivity contribution in [3.8, 4) is 0 Å². The summed E-state index contributed by atoms with van der Waals surface area (Å²) in [5, 5.41) is 9.82. The molecule has 1 saturated carbocycles. The van der Waals surface area contributed by atoms with Gasteiger partial charge < -0.3 is 10.8 Å². The minimum atomic E-state index is -0.174. The third kappa shape index (κ3) is 2.53. The average Bonchev–Trinajstić information content (AvgIpc) is 2.46. The topological polar surface area (TPSA) is 59.1 Å². The summed E-state index contributed by atoms with van der Waals surface area (Å²) in [4.78, 5) is 4.21. The molecule has 1 fully saturated rings. The van der Waals surface area contributed by atoms with Gasteiger partial charge in [-0.05, 0) is 43.2 Å². The fourth-order valence-electron chi connectivity index (χ4n) is 2.55. The van der Waals surface area contributed by atoms with Gasteiger partial charge in [0.1, 0.15) is 5.82 Å². The van der Waals surface area contributed by atoms with Crippen molar-refractivity contribution in [2.75, 3.05) is 5.73 Å². The van der Waals surface area contributed by atoms with E-state index in [0.717, 1.165) is 36.8 Å². The number of nitrogens with zero attached hydrogens (tertiary/aromatic N) is 1. The number of hydrogen-bond acceptors (Lipinski definition) is 3. The number of rotatable bonds is 1. The summed E-state index contributed by atoms with van der Waals surface area (Å²) in [5.74, 6) is 1.01. The van der Waals surface area contributed by atoms with Crippen molar-refractivity contribution in [1.29, 1.82) is 0 Å². The van der Waals surface area contributed by atoms with Crippen LogP contribution in [-0.2, 0) is 0 Å². The summed E-state index contributed by atoms with van der Waals surface area (Å²) in [6, 6.07) is 2.12. The van der Waals surface area contributed by atoms with Crippen LogP contribution >= 0.6 is 0 Å². The summed E-state index contributed by atoms with van der Waals surface area (Å²) in [6.07, 6.45) is 6.79. The van der Waals surface area contributed by atoms with Crippen LogP contribution in [0.15, 0.2) is 12.3 Å². The Kier molecular flexibility index (Phi) is 3.44. The molecule has 2 rings (SSSR count). The quantitative estimate of drug-likeness (QED) is 0.714. The lowest BCUT2D eigenvalue weighted by molar-refractivity contribution is 0.152. The second-order valence-corrected chi connectivity index (χ2v) is 4.86. The first kappa shape index (κ1) is 11.4. The third-order valence-electron chi connectivity index (χ3n) is 3.42. The molecule has 1 aromatic rings. The number of aliphatic hydroxyl groups is 1. The van der Waals surface area contributed by atoms with Gasteiger partial charge in [0.05, 0.1) is 6.10 Å². The maximum Gasteiger partial charge on any atom is 0.126 e. The van der Waals surface area contributed by atoms with Gasteiger partial charge in [0.15, 0.2) is 0 Å². The SMILES string of the molecule is Cc1cnc(N)c(C2CCCCC(O)C2)c1. The maximum absolute atomic E-state index is 9.82. The third-order valence-corrected chi connectivity index (χ3v) is 3.42. The second-order valence-electron chi connectivity index (χ2n) is 4.86. The molecule has 2 unspecified atom stereocenters. The standard InChI is InChI=1S/C13H20N2O/c1-9-6-12(13(14)15-8-9)10-4-2-3-5-11(16)7-10/h6,8,10-11,16H,2-5,7H2,1H3,(H2,14,15). The van der Waals surface area contributed by atoms with E-state index in [1.807, 2.05) is 6.92 Å². The second kappa shape index (κ2) is 4.83. The summed E-state index contributed by atoms with van der Waals surface area (Å²) in [5.41, 5.74) is 8.19. The van der Waals surface area contributed by atoms with E-state index in [-0.39, 0.29) is 6.10 Å². The highest BCUT2D eigenvalue weighted by Gasteiger charge is 2.22. The van der Waals surface area contributed by atoms with Crippen molar-refractivity contribution in [1.82, 2.24) is 4.98 Å². The van der Waals surface area contributed by atoms with Crippen molar-refractivity contribution in [2.24, 2.45) is 0 Å². The van der Waals surface area contributed by atoms with E-state index in [2.05, 4.69) is 11.1 Å². The number of anilines is 1.